The van der Waals surface area contributed by atoms with Crippen LogP contribution < -0.4 is 16.0 Å². The van der Waals surface area contributed by atoms with Crippen LogP contribution in [0.3, 0.4) is 0 Å². The molecule has 0 atom stereocenters. The number of anilines is 3. The summed E-state index contributed by atoms with van der Waals surface area (Å²) in [5.41, 5.74) is 2.35. The van der Waals surface area contributed by atoms with Gasteiger partial charge in [-0.2, -0.15) is 19.4 Å². The smallest absolute Gasteiger partial charge is 0.230 e. The van der Waals surface area contributed by atoms with Crippen LogP contribution in [0.15, 0.2) is 12.4 Å². The molecule has 7 rings (SSSR count). The lowest BCUT2D eigenvalue weighted by Crippen LogP contribution is -2.56. The lowest BCUT2D eigenvalue weighted by Gasteiger charge is -2.42. The van der Waals surface area contributed by atoms with Crippen molar-refractivity contribution >= 4 is 39.2 Å². The molecular formula is C26H37N9OS. The number of nitrogens with zero attached hydrogens (tertiary/aromatic N) is 6. The summed E-state index contributed by atoms with van der Waals surface area (Å²) in [5, 5.41) is 16.6. The van der Waals surface area contributed by atoms with E-state index in [9.17, 15) is 0 Å². The number of aryl methyl sites for hydroxylation is 1. The second-order valence-corrected chi connectivity index (χ2v) is 12.1. The van der Waals surface area contributed by atoms with Gasteiger partial charge in [0, 0.05) is 56.7 Å². The molecule has 0 aromatic carbocycles. The standard InChI is InChI=1S/C26H37N9OS/c1-17-22-23(29-18-2-4-20(5-3-18)34-11-10-27-26(16-34)8-9-26)31-25(32-24(22)37-33-17)30-19-14-28-35(15-19)21-6-12-36-13-7-21/h14-15,18,20-21,27H,2-13,16H2,1H3,(H2,29,30,31,32)/t18-,20-. The third kappa shape index (κ3) is 4.94. The third-order valence-corrected chi connectivity index (χ3v) is 9.58. The molecule has 5 heterocycles. The topological polar surface area (TPSA) is 105 Å². The number of hydrogen-bond donors (Lipinski definition) is 3. The maximum Gasteiger partial charge on any atom is 0.230 e. The molecule has 37 heavy (non-hydrogen) atoms. The number of rotatable bonds is 6. The van der Waals surface area contributed by atoms with E-state index in [1.54, 1.807) is 0 Å². The quantitative estimate of drug-likeness (QED) is 0.444. The van der Waals surface area contributed by atoms with Crippen molar-refractivity contribution in [2.45, 2.75) is 82.0 Å². The Bertz CT molecular complexity index is 1240. The fourth-order valence-corrected chi connectivity index (χ4v) is 7.17. The summed E-state index contributed by atoms with van der Waals surface area (Å²) in [6.07, 6.45) is 13.4. The summed E-state index contributed by atoms with van der Waals surface area (Å²) in [6.45, 7) is 7.22. The highest BCUT2D eigenvalue weighted by molar-refractivity contribution is 7.13. The van der Waals surface area contributed by atoms with Gasteiger partial charge >= 0.3 is 0 Å². The van der Waals surface area contributed by atoms with E-state index >= 15 is 0 Å². The summed E-state index contributed by atoms with van der Waals surface area (Å²) >= 11 is 1.44. The monoisotopic (exact) mass is 523 g/mol. The molecule has 0 unspecified atom stereocenters. The van der Waals surface area contributed by atoms with Gasteiger partial charge in [0.1, 0.15) is 5.82 Å². The summed E-state index contributed by atoms with van der Waals surface area (Å²) < 4.78 is 12.1. The largest absolute Gasteiger partial charge is 0.381 e. The van der Waals surface area contributed by atoms with Gasteiger partial charge in [-0.15, -0.1) is 0 Å². The van der Waals surface area contributed by atoms with Crippen LogP contribution in [0.25, 0.3) is 10.2 Å². The van der Waals surface area contributed by atoms with Gasteiger partial charge in [0.15, 0.2) is 4.83 Å². The zero-order valence-electron chi connectivity index (χ0n) is 21.6. The number of hydrogen-bond acceptors (Lipinski definition) is 10. The highest BCUT2D eigenvalue weighted by atomic mass is 32.1. The van der Waals surface area contributed by atoms with E-state index in [1.165, 1.54) is 63.1 Å². The SMILES string of the molecule is Cc1nsc2nc(Nc3cnn(C4CCOCC4)c3)nc(N[C@H]3CC[C@H](N4CCNC5(CC5)C4)CC3)c12. The first-order chi connectivity index (χ1) is 18.1. The van der Waals surface area contributed by atoms with E-state index in [4.69, 9.17) is 14.7 Å². The van der Waals surface area contributed by atoms with Crippen LogP contribution in [0.5, 0.6) is 0 Å². The average molecular weight is 524 g/mol. The fraction of sp³-hybridized carbons (Fsp3) is 0.692. The molecule has 3 aromatic heterocycles. The lowest BCUT2D eigenvalue weighted by molar-refractivity contribution is 0.0662. The minimum absolute atomic E-state index is 0.389. The molecule has 2 saturated heterocycles. The van der Waals surface area contributed by atoms with Crippen molar-refractivity contribution in [1.29, 1.82) is 0 Å². The third-order valence-electron chi connectivity index (χ3n) is 8.74. The van der Waals surface area contributed by atoms with Crippen LogP contribution in [-0.4, -0.2) is 79.5 Å². The molecule has 4 fully saturated rings. The van der Waals surface area contributed by atoms with E-state index < -0.39 is 0 Å². The first-order valence-electron chi connectivity index (χ1n) is 13.9. The Morgan fingerprint density at radius 2 is 1.92 bits per heavy atom. The Labute approximate surface area is 221 Å². The van der Waals surface area contributed by atoms with Crippen molar-refractivity contribution < 1.29 is 4.74 Å². The molecule has 3 N–H and O–H groups in total. The molecule has 4 aliphatic rings. The fourth-order valence-electron chi connectivity index (χ4n) is 6.40. The van der Waals surface area contributed by atoms with E-state index in [0.29, 0.717) is 23.6 Å². The highest BCUT2D eigenvalue weighted by Gasteiger charge is 2.46. The molecule has 11 heteroatoms. The normalized spacial score (nSPS) is 26.5. The predicted octanol–water partition coefficient (Wildman–Crippen LogP) is 3.85. The van der Waals surface area contributed by atoms with Crippen LogP contribution >= 0.6 is 11.5 Å². The summed E-state index contributed by atoms with van der Waals surface area (Å²) in [6, 6.07) is 1.54. The molecule has 1 spiro atoms. The summed E-state index contributed by atoms with van der Waals surface area (Å²) in [5.74, 6) is 1.49. The van der Waals surface area contributed by atoms with E-state index in [1.807, 2.05) is 17.8 Å². The van der Waals surface area contributed by atoms with Crippen LogP contribution in [0, 0.1) is 6.92 Å². The second-order valence-electron chi connectivity index (χ2n) is 11.3. The molecule has 198 valence electrons. The van der Waals surface area contributed by atoms with Gasteiger partial charge in [-0.3, -0.25) is 9.58 Å². The van der Waals surface area contributed by atoms with Gasteiger partial charge in [-0.05, 0) is 69.8 Å². The van der Waals surface area contributed by atoms with Crippen molar-refractivity contribution in [1.82, 2.24) is 34.3 Å². The van der Waals surface area contributed by atoms with Gasteiger partial charge in [0.05, 0.1) is 29.0 Å². The van der Waals surface area contributed by atoms with E-state index in [2.05, 4.69) is 36.5 Å². The summed E-state index contributed by atoms with van der Waals surface area (Å²) in [4.78, 5) is 13.4. The number of fused-ring (bicyclic) bond motifs is 1. The number of ether oxygens (including phenoxy) is 1. The van der Waals surface area contributed by atoms with Gasteiger partial charge in [-0.25, -0.2) is 0 Å². The molecule has 2 saturated carbocycles. The Morgan fingerprint density at radius 1 is 1.08 bits per heavy atom. The van der Waals surface area contributed by atoms with Gasteiger partial charge in [-0.1, -0.05) is 0 Å². The van der Waals surface area contributed by atoms with Gasteiger partial charge < -0.3 is 20.7 Å². The molecule has 0 radical (unpaired) electrons. The van der Waals surface area contributed by atoms with E-state index in [0.717, 1.165) is 66.1 Å². The van der Waals surface area contributed by atoms with Gasteiger partial charge in [0.2, 0.25) is 5.95 Å². The van der Waals surface area contributed by atoms with Crippen LogP contribution in [0.4, 0.5) is 17.5 Å². The summed E-state index contributed by atoms with van der Waals surface area (Å²) in [7, 11) is 0. The Hall–Kier alpha value is -2.34. The van der Waals surface area contributed by atoms with Crippen LogP contribution in [-0.2, 0) is 4.74 Å². The maximum atomic E-state index is 5.50. The number of nitrogens with one attached hydrogen (secondary N) is 3. The second kappa shape index (κ2) is 9.76. The highest BCUT2D eigenvalue weighted by Crippen LogP contribution is 2.39. The lowest BCUT2D eigenvalue weighted by atomic mass is 9.89. The molecule has 0 amide bonds. The molecular weight excluding hydrogens is 486 g/mol. The predicted molar refractivity (Wildman–Crippen MR) is 146 cm³/mol. The number of aromatic nitrogens is 5. The maximum absolute atomic E-state index is 5.50. The molecule has 2 aliphatic heterocycles. The first kappa shape index (κ1) is 23.8. The number of piperazine rings is 1. The zero-order valence-corrected chi connectivity index (χ0v) is 22.4. The minimum atomic E-state index is 0.389. The Balaban J connectivity index is 1.04. The van der Waals surface area contributed by atoms with Crippen molar-refractivity contribution in [3.8, 4) is 0 Å². The molecule has 3 aromatic rings. The minimum Gasteiger partial charge on any atom is -0.381 e. The first-order valence-corrected chi connectivity index (χ1v) is 14.7. The molecule has 10 nitrogen and oxygen atoms in total. The van der Waals surface area contributed by atoms with Gasteiger partial charge in [0.25, 0.3) is 0 Å². The molecule has 0 bridgehead atoms. The molecule has 2 aliphatic carbocycles. The van der Waals surface area contributed by atoms with Crippen LogP contribution in [0.1, 0.15) is 63.1 Å². The Morgan fingerprint density at radius 3 is 2.73 bits per heavy atom. The van der Waals surface area contributed by atoms with E-state index in [-0.39, 0.29) is 0 Å². The van der Waals surface area contributed by atoms with Crippen molar-refractivity contribution in [2.24, 2.45) is 0 Å². The average Bonchev–Trinajstić information content (AvgIpc) is 3.31. The van der Waals surface area contributed by atoms with Crippen molar-refractivity contribution in [3.05, 3.63) is 18.1 Å². The zero-order chi connectivity index (χ0) is 24.8. The van der Waals surface area contributed by atoms with Crippen molar-refractivity contribution in [3.63, 3.8) is 0 Å². The van der Waals surface area contributed by atoms with Crippen molar-refractivity contribution in [2.75, 3.05) is 43.5 Å². The van der Waals surface area contributed by atoms with Crippen LogP contribution in [0.2, 0.25) is 0 Å². The Kier molecular flexibility index (Phi) is 6.26.